The number of carbonyl (C=O) groups is 1. The first-order valence-corrected chi connectivity index (χ1v) is 10.6. The maximum Gasteiger partial charge on any atom is 0.416 e. The highest BCUT2D eigenvalue weighted by molar-refractivity contribution is 5.85. The third-order valence-corrected chi connectivity index (χ3v) is 5.70. The summed E-state index contributed by atoms with van der Waals surface area (Å²) in [7, 11) is 0. The number of carbonyl (C=O) groups excluding carboxylic acids is 1. The topological polar surface area (TPSA) is 50.1 Å². The average molecular weight is 446 g/mol. The fourth-order valence-corrected chi connectivity index (χ4v) is 3.90. The summed E-state index contributed by atoms with van der Waals surface area (Å²) in [5.74, 6) is 0.704. The lowest BCUT2D eigenvalue weighted by atomic mass is 10.1. The number of halogens is 3. The summed E-state index contributed by atoms with van der Waals surface area (Å²) in [6.45, 7) is 4.57. The van der Waals surface area contributed by atoms with E-state index < -0.39 is 11.7 Å². The Hall–Kier alpha value is -3.07. The molecule has 170 valence electrons. The van der Waals surface area contributed by atoms with Crippen LogP contribution in [0.3, 0.4) is 0 Å². The van der Waals surface area contributed by atoms with Crippen LogP contribution in [0.1, 0.15) is 28.8 Å². The normalized spacial score (nSPS) is 15.3. The Morgan fingerprint density at radius 2 is 1.88 bits per heavy atom. The number of hydrogen-bond donors (Lipinski definition) is 0. The van der Waals surface area contributed by atoms with Crippen molar-refractivity contribution in [3.8, 4) is 5.75 Å². The first-order valence-electron chi connectivity index (χ1n) is 10.6. The zero-order valence-corrected chi connectivity index (χ0v) is 17.6. The van der Waals surface area contributed by atoms with E-state index in [1.54, 1.807) is 16.8 Å². The number of benzene rings is 1. The minimum atomic E-state index is -4.32. The molecule has 0 amide bonds. The molecule has 0 unspecified atom stereocenters. The summed E-state index contributed by atoms with van der Waals surface area (Å²) in [6.07, 6.45) is 1.61. The van der Waals surface area contributed by atoms with Gasteiger partial charge in [-0.25, -0.2) is 4.52 Å². The lowest BCUT2D eigenvalue weighted by Crippen LogP contribution is -2.46. The molecule has 1 fully saturated rings. The molecule has 1 aliphatic heterocycles. The van der Waals surface area contributed by atoms with E-state index >= 15 is 0 Å². The molecule has 1 aliphatic rings. The van der Waals surface area contributed by atoms with Gasteiger partial charge in [0.1, 0.15) is 5.75 Å². The molecule has 3 heterocycles. The molecule has 0 radical (unpaired) electrons. The summed E-state index contributed by atoms with van der Waals surface area (Å²) in [6, 6.07) is 9.17. The van der Waals surface area contributed by atoms with Crippen molar-refractivity contribution in [1.29, 1.82) is 0 Å². The van der Waals surface area contributed by atoms with Crippen LogP contribution in [0.5, 0.6) is 5.75 Å². The fourth-order valence-electron chi connectivity index (χ4n) is 3.90. The van der Waals surface area contributed by atoms with Gasteiger partial charge in [0.05, 0.1) is 29.4 Å². The molecule has 2 aromatic heterocycles. The number of pyridine rings is 1. The maximum atomic E-state index is 12.9. The van der Waals surface area contributed by atoms with Gasteiger partial charge in [0.25, 0.3) is 0 Å². The summed E-state index contributed by atoms with van der Waals surface area (Å²) in [4.78, 5) is 15.4. The number of unbranched alkanes of at least 4 members (excludes halogenated alkanes) is 1. The average Bonchev–Trinajstić information content (AvgIpc) is 3.21. The highest BCUT2D eigenvalue weighted by Gasteiger charge is 2.31. The Morgan fingerprint density at radius 3 is 2.62 bits per heavy atom. The van der Waals surface area contributed by atoms with Gasteiger partial charge < -0.3 is 9.64 Å². The zero-order chi connectivity index (χ0) is 22.6. The summed E-state index contributed by atoms with van der Waals surface area (Å²) in [5, 5.41) is 4.10. The van der Waals surface area contributed by atoms with Crippen LogP contribution in [-0.2, 0) is 6.18 Å². The molecule has 0 bridgehead atoms. The first-order chi connectivity index (χ1) is 15.4. The second-order valence-electron chi connectivity index (χ2n) is 7.84. The van der Waals surface area contributed by atoms with Crippen molar-refractivity contribution < 1.29 is 22.7 Å². The molecular formula is C23H25F3N4O2. The number of aldehydes is 1. The molecule has 1 saturated heterocycles. The van der Waals surface area contributed by atoms with Crippen molar-refractivity contribution in [2.75, 3.05) is 44.2 Å². The van der Waals surface area contributed by atoms with E-state index in [4.69, 9.17) is 4.74 Å². The van der Waals surface area contributed by atoms with Crippen molar-refractivity contribution in [2.45, 2.75) is 19.0 Å². The molecule has 4 rings (SSSR count). The van der Waals surface area contributed by atoms with Crippen molar-refractivity contribution in [2.24, 2.45) is 0 Å². The maximum absolute atomic E-state index is 12.9. The predicted octanol–water partition coefficient (Wildman–Crippen LogP) is 4.15. The van der Waals surface area contributed by atoms with E-state index in [0.29, 0.717) is 36.7 Å². The second-order valence-corrected chi connectivity index (χ2v) is 7.84. The summed E-state index contributed by atoms with van der Waals surface area (Å²) < 4.78 is 46.3. The van der Waals surface area contributed by atoms with Crippen LogP contribution in [0, 0.1) is 0 Å². The smallest absolute Gasteiger partial charge is 0.416 e. The molecule has 0 N–H and O–H groups in total. The number of hydrogen-bond acceptors (Lipinski definition) is 5. The van der Waals surface area contributed by atoms with Crippen LogP contribution >= 0.6 is 0 Å². The predicted molar refractivity (Wildman–Crippen MR) is 115 cm³/mol. The second kappa shape index (κ2) is 9.60. The molecule has 3 aromatic rings. The van der Waals surface area contributed by atoms with Crippen molar-refractivity contribution in [1.82, 2.24) is 14.5 Å². The minimum Gasteiger partial charge on any atom is -0.493 e. The first kappa shape index (κ1) is 22.1. The number of rotatable bonds is 8. The largest absolute Gasteiger partial charge is 0.493 e. The Bertz CT molecular complexity index is 1060. The van der Waals surface area contributed by atoms with Gasteiger partial charge in [0.15, 0.2) is 6.29 Å². The van der Waals surface area contributed by atoms with Crippen LogP contribution in [0.2, 0.25) is 0 Å². The van der Waals surface area contributed by atoms with Gasteiger partial charge >= 0.3 is 6.18 Å². The minimum absolute atomic E-state index is 0.528. The van der Waals surface area contributed by atoms with Crippen molar-refractivity contribution in [3.63, 3.8) is 0 Å². The molecule has 0 spiro atoms. The van der Waals surface area contributed by atoms with Crippen molar-refractivity contribution in [3.05, 3.63) is 59.9 Å². The third kappa shape index (κ3) is 5.21. The van der Waals surface area contributed by atoms with Crippen LogP contribution in [0.4, 0.5) is 18.9 Å². The number of nitrogens with zero attached hydrogens (tertiary/aromatic N) is 4. The van der Waals surface area contributed by atoms with E-state index in [2.05, 4.69) is 10.00 Å². The lowest BCUT2D eigenvalue weighted by Gasteiger charge is -2.36. The van der Waals surface area contributed by atoms with E-state index in [1.807, 2.05) is 17.0 Å². The van der Waals surface area contributed by atoms with E-state index in [0.717, 1.165) is 50.3 Å². The molecule has 9 heteroatoms. The lowest BCUT2D eigenvalue weighted by molar-refractivity contribution is -0.137. The van der Waals surface area contributed by atoms with Crippen molar-refractivity contribution >= 4 is 17.5 Å². The highest BCUT2D eigenvalue weighted by Crippen LogP contribution is 2.31. The monoisotopic (exact) mass is 446 g/mol. The number of anilines is 1. The molecule has 6 nitrogen and oxygen atoms in total. The molecule has 0 aliphatic carbocycles. The quantitative estimate of drug-likeness (QED) is 0.384. The van der Waals surface area contributed by atoms with Crippen LogP contribution in [-0.4, -0.2) is 60.1 Å². The van der Waals surface area contributed by atoms with Gasteiger partial charge in [-0.15, -0.1) is 0 Å². The number of aromatic nitrogens is 2. The summed E-state index contributed by atoms with van der Waals surface area (Å²) >= 11 is 0. The molecule has 32 heavy (non-hydrogen) atoms. The molecule has 0 saturated carbocycles. The van der Waals surface area contributed by atoms with E-state index in [-0.39, 0.29) is 0 Å². The van der Waals surface area contributed by atoms with Crippen LogP contribution in [0.25, 0.3) is 5.52 Å². The summed E-state index contributed by atoms with van der Waals surface area (Å²) in [5.41, 5.74) is 1.27. The fraction of sp³-hybridized carbons (Fsp3) is 0.391. The van der Waals surface area contributed by atoms with E-state index in [1.165, 1.54) is 18.3 Å². The Kier molecular flexibility index (Phi) is 6.64. The molecule has 1 aromatic carbocycles. The highest BCUT2D eigenvalue weighted by atomic mass is 19.4. The van der Waals surface area contributed by atoms with E-state index in [9.17, 15) is 18.0 Å². The van der Waals surface area contributed by atoms with Crippen LogP contribution in [0.15, 0.2) is 48.8 Å². The van der Waals surface area contributed by atoms with Gasteiger partial charge in [-0.3, -0.25) is 9.69 Å². The van der Waals surface area contributed by atoms with Crippen LogP contribution < -0.4 is 9.64 Å². The standard InChI is InChI=1S/C23H25F3N4O2/c24-23(25,26)19-4-3-5-20(14-19)29-11-9-28(10-12-29)7-1-2-13-32-21-6-8-30-22(15-21)18(17-31)16-27-30/h3-6,8,14-17H,1-2,7,9-13H2. The third-order valence-electron chi connectivity index (χ3n) is 5.70. The zero-order valence-electron chi connectivity index (χ0n) is 17.6. The van der Waals surface area contributed by atoms with Gasteiger partial charge in [-0.1, -0.05) is 6.07 Å². The van der Waals surface area contributed by atoms with Gasteiger partial charge in [0.2, 0.25) is 0 Å². The number of alkyl halides is 3. The van der Waals surface area contributed by atoms with Gasteiger partial charge in [0, 0.05) is 44.1 Å². The molecule has 0 atom stereocenters. The van der Waals surface area contributed by atoms with Gasteiger partial charge in [-0.2, -0.15) is 18.3 Å². The Labute approximate surface area is 184 Å². The molecular weight excluding hydrogens is 421 g/mol. The number of ether oxygens (including phenoxy) is 1. The number of fused-ring (bicyclic) bond motifs is 1. The SMILES string of the molecule is O=Cc1cnn2ccc(OCCCCN3CCN(c4cccc(C(F)(F)F)c4)CC3)cc12. The Balaban J connectivity index is 1.18. The number of piperazine rings is 1. The Morgan fingerprint density at radius 1 is 1.06 bits per heavy atom. The van der Waals surface area contributed by atoms with Gasteiger partial charge in [-0.05, 0) is 43.7 Å².